The molecule has 0 unspecified atom stereocenters. The van der Waals surface area contributed by atoms with Gasteiger partial charge in [-0.1, -0.05) is 18.2 Å². The lowest BCUT2D eigenvalue weighted by Crippen LogP contribution is -2.06. The van der Waals surface area contributed by atoms with E-state index in [4.69, 9.17) is 9.47 Å². The van der Waals surface area contributed by atoms with E-state index in [1.807, 2.05) is 56.3 Å². The Balaban J connectivity index is 1.52. The number of anilines is 1. The summed E-state index contributed by atoms with van der Waals surface area (Å²) in [6.07, 6.45) is 1.72. The van der Waals surface area contributed by atoms with Crippen LogP contribution in [-0.2, 0) is 0 Å². The normalized spacial score (nSPS) is 11.6. The zero-order valence-corrected chi connectivity index (χ0v) is 15.8. The highest BCUT2D eigenvalue weighted by atomic mass is 16.5. The zero-order valence-electron chi connectivity index (χ0n) is 15.8. The van der Waals surface area contributed by atoms with E-state index in [0.717, 1.165) is 22.0 Å². The summed E-state index contributed by atoms with van der Waals surface area (Å²) in [5.74, 6) is 1.65. The van der Waals surface area contributed by atoms with Crippen LogP contribution in [0, 0.1) is 0 Å². The first-order valence-corrected chi connectivity index (χ1v) is 8.89. The number of ether oxygens (including phenoxy) is 2. The first kappa shape index (κ1) is 17.7. The van der Waals surface area contributed by atoms with Gasteiger partial charge in [0.2, 0.25) is 0 Å². The molecule has 28 heavy (non-hydrogen) atoms. The van der Waals surface area contributed by atoms with Crippen molar-refractivity contribution in [1.29, 1.82) is 0 Å². The second-order valence-corrected chi connectivity index (χ2v) is 6.45. The Morgan fingerprint density at radius 1 is 1.11 bits per heavy atom. The second-order valence-electron chi connectivity index (χ2n) is 6.45. The van der Waals surface area contributed by atoms with Crippen LogP contribution in [0.4, 0.5) is 5.95 Å². The fourth-order valence-electron chi connectivity index (χ4n) is 2.85. The molecule has 0 atom stereocenters. The van der Waals surface area contributed by atoms with Crippen molar-refractivity contribution in [2.24, 2.45) is 5.10 Å². The van der Waals surface area contributed by atoms with Crippen LogP contribution >= 0.6 is 0 Å². The fourth-order valence-corrected chi connectivity index (χ4v) is 2.85. The number of aromatic amines is 1. The number of aromatic nitrogens is 4. The summed E-state index contributed by atoms with van der Waals surface area (Å²) in [5.41, 5.74) is 6.01. The molecule has 0 saturated carbocycles. The number of rotatable bonds is 6. The average Bonchev–Trinajstić information content (AvgIpc) is 3.06. The Labute approximate surface area is 161 Å². The van der Waals surface area contributed by atoms with Gasteiger partial charge in [-0.05, 0) is 43.7 Å². The van der Waals surface area contributed by atoms with Crippen molar-refractivity contribution in [3.63, 3.8) is 0 Å². The van der Waals surface area contributed by atoms with Gasteiger partial charge < -0.3 is 14.5 Å². The van der Waals surface area contributed by atoms with E-state index in [2.05, 4.69) is 30.7 Å². The lowest BCUT2D eigenvalue weighted by molar-refractivity contribution is 0.230. The molecule has 0 aliphatic heterocycles. The summed E-state index contributed by atoms with van der Waals surface area (Å²) in [7, 11) is 1.61. The van der Waals surface area contributed by atoms with E-state index in [0.29, 0.717) is 23.1 Å². The average molecular weight is 376 g/mol. The quantitative estimate of drug-likeness (QED) is 0.393. The summed E-state index contributed by atoms with van der Waals surface area (Å²) in [5, 5.41) is 13.5. The summed E-state index contributed by atoms with van der Waals surface area (Å²) < 4.78 is 11.1. The lowest BCUT2D eigenvalue weighted by Gasteiger charge is -2.13. The maximum absolute atomic E-state index is 5.71. The Hall–Kier alpha value is -3.68. The molecule has 0 fully saturated rings. The number of fused-ring (bicyclic) bond motifs is 3. The molecular formula is C20H20N6O2. The molecule has 2 aromatic heterocycles. The molecule has 0 saturated heterocycles. The standard InChI is InChI=1S/C20H20N6O2/c1-12(2)28-16-9-8-13(10-17(16)27-3)11-21-25-20-23-19-18(24-26-20)14-6-4-5-7-15(14)22-19/h4-12H,1-3H3,(H2,22,23,25,26). The van der Waals surface area contributed by atoms with E-state index >= 15 is 0 Å². The Morgan fingerprint density at radius 2 is 1.96 bits per heavy atom. The van der Waals surface area contributed by atoms with Gasteiger partial charge in [-0.25, -0.2) is 5.43 Å². The maximum atomic E-state index is 5.71. The number of nitrogens with zero attached hydrogens (tertiary/aromatic N) is 4. The number of hydrazone groups is 1. The van der Waals surface area contributed by atoms with Crippen molar-refractivity contribution in [2.75, 3.05) is 12.5 Å². The van der Waals surface area contributed by atoms with Crippen LogP contribution in [0.5, 0.6) is 11.5 Å². The number of nitrogens with one attached hydrogen (secondary N) is 2. The molecule has 2 heterocycles. The molecule has 4 aromatic rings. The molecular weight excluding hydrogens is 356 g/mol. The predicted molar refractivity (Wildman–Crippen MR) is 109 cm³/mol. The van der Waals surface area contributed by atoms with Gasteiger partial charge in [-0.3, -0.25) is 0 Å². The SMILES string of the molecule is COc1cc(C=NNc2nnc3c(n2)[nH]c2ccccc23)ccc1OC(C)C. The van der Waals surface area contributed by atoms with Crippen LogP contribution < -0.4 is 14.9 Å². The van der Waals surface area contributed by atoms with Gasteiger partial charge in [-0.2, -0.15) is 10.1 Å². The van der Waals surface area contributed by atoms with Gasteiger partial charge in [0.1, 0.15) is 5.52 Å². The van der Waals surface area contributed by atoms with Crippen LogP contribution in [0.1, 0.15) is 19.4 Å². The van der Waals surface area contributed by atoms with Crippen LogP contribution in [0.3, 0.4) is 0 Å². The molecule has 0 spiro atoms. The largest absolute Gasteiger partial charge is 0.493 e. The highest BCUT2D eigenvalue weighted by Gasteiger charge is 2.09. The van der Waals surface area contributed by atoms with Crippen molar-refractivity contribution in [1.82, 2.24) is 20.2 Å². The van der Waals surface area contributed by atoms with Crippen molar-refractivity contribution in [2.45, 2.75) is 20.0 Å². The van der Waals surface area contributed by atoms with Gasteiger partial charge in [0.15, 0.2) is 17.1 Å². The lowest BCUT2D eigenvalue weighted by atomic mass is 10.2. The number of hydrogen-bond donors (Lipinski definition) is 2. The van der Waals surface area contributed by atoms with Crippen molar-refractivity contribution in [3.8, 4) is 11.5 Å². The third kappa shape index (κ3) is 3.57. The zero-order chi connectivity index (χ0) is 19.5. The van der Waals surface area contributed by atoms with Gasteiger partial charge >= 0.3 is 0 Å². The smallest absolute Gasteiger partial charge is 0.265 e. The van der Waals surface area contributed by atoms with Crippen molar-refractivity contribution >= 4 is 34.2 Å². The predicted octanol–water partition coefficient (Wildman–Crippen LogP) is 3.75. The number of para-hydroxylation sites is 1. The topological polar surface area (TPSA) is 97.3 Å². The van der Waals surface area contributed by atoms with Crippen LogP contribution in [0.15, 0.2) is 47.6 Å². The summed E-state index contributed by atoms with van der Waals surface area (Å²) >= 11 is 0. The molecule has 4 rings (SSSR count). The van der Waals surface area contributed by atoms with Gasteiger partial charge in [0.25, 0.3) is 5.95 Å². The summed E-state index contributed by atoms with van der Waals surface area (Å²) in [4.78, 5) is 7.65. The molecule has 142 valence electrons. The third-order valence-corrected chi connectivity index (χ3v) is 4.05. The molecule has 8 heteroatoms. The maximum Gasteiger partial charge on any atom is 0.265 e. The minimum Gasteiger partial charge on any atom is -0.493 e. The van der Waals surface area contributed by atoms with E-state index in [-0.39, 0.29) is 6.10 Å². The van der Waals surface area contributed by atoms with Gasteiger partial charge in [0, 0.05) is 10.9 Å². The van der Waals surface area contributed by atoms with Crippen molar-refractivity contribution in [3.05, 3.63) is 48.0 Å². The van der Waals surface area contributed by atoms with Gasteiger partial charge in [-0.15, -0.1) is 10.2 Å². The minimum absolute atomic E-state index is 0.0688. The third-order valence-electron chi connectivity index (χ3n) is 4.05. The van der Waals surface area contributed by atoms with E-state index < -0.39 is 0 Å². The van der Waals surface area contributed by atoms with Crippen LogP contribution in [0.2, 0.25) is 0 Å². The second kappa shape index (κ2) is 7.51. The number of benzene rings is 2. The minimum atomic E-state index is 0.0688. The van der Waals surface area contributed by atoms with Crippen LogP contribution in [0.25, 0.3) is 22.1 Å². The van der Waals surface area contributed by atoms with Gasteiger partial charge in [0.05, 0.1) is 19.4 Å². The monoisotopic (exact) mass is 376 g/mol. The molecule has 8 nitrogen and oxygen atoms in total. The highest BCUT2D eigenvalue weighted by molar-refractivity contribution is 6.03. The number of H-pyrrole nitrogens is 1. The van der Waals surface area contributed by atoms with Crippen molar-refractivity contribution < 1.29 is 9.47 Å². The Kier molecular flexibility index (Phi) is 4.76. The molecule has 0 aliphatic rings. The first-order chi connectivity index (χ1) is 13.6. The molecule has 0 radical (unpaired) electrons. The van der Waals surface area contributed by atoms with E-state index in [1.165, 1.54) is 0 Å². The Morgan fingerprint density at radius 3 is 2.79 bits per heavy atom. The first-order valence-electron chi connectivity index (χ1n) is 8.89. The summed E-state index contributed by atoms with van der Waals surface area (Å²) in [6, 6.07) is 13.5. The highest BCUT2D eigenvalue weighted by Crippen LogP contribution is 2.28. The molecule has 2 aromatic carbocycles. The Bertz CT molecular complexity index is 1150. The van der Waals surface area contributed by atoms with E-state index in [9.17, 15) is 0 Å². The number of hydrogen-bond acceptors (Lipinski definition) is 7. The fraction of sp³-hybridized carbons (Fsp3) is 0.200. The molecule has 0 aliphatic carbocycles. The molecule has 0 bridgehead atoms. The van der Waals surface area contributed by atoms with E-state index in [1.54, 1.807) is 13.3 Å². The molecule has 2 N–H and O–H groups in total. The number of methoxy groups -OCH3 is 1. The summed E-state index contributed by atoms with van der Waals surface area (Å²) in [6.45, 7) is 3.94. The molecule has 0 amide bonds. The van der Waals surface area contributed by atoms with Crippen LogP contribution in [-0.4, -0.2) is 39.6 Å².